The summed E-state index contributed by atoms with van der Waals surface area (Å²) in [4.78, 5) is 30.5. The molecule has 0 aromatic heterocycles. The van der Waals surface area contributed by atoms with Gasteiger partial charge in [-0.2, -0.15) is 0 Å². The highest BCUT2D eigenvalue weighted by Crippen LogP contribution is 2.42. The van der Waals surface area contributed by atoms with Crippen molar-refractivity contribution >= 4 is 17.4 Å². The molecule has 2 aliphatic heterocycles. The summed E-state index contributed by atoms with van der Waals surface area (Å²) in [6, 6.07) is 11.9. The number of ether oxygens (including phenoxy) is 3. The average Bonchev–Trinajstić information content (AvgIpc) is 3.17. The van der Waals surface area contributed by atoms with Crippen LogP contribution >= 0.6 is 0 Å². The van der Waals surface area contributed by atoms with Crippen LogP contribution in [0.3, 0.4) is 0 Å². The van der Waals surface area contributed by atoms with Crippen molar-refractivity contribution in [1.29, 1.82) is 0 Å². The minimum absolute atomic E-state index is 0.0875. The Hall–Kier alpha value is -3.36. The summed E-state index contributed by atoms with van der Waals surface area (Å²) in [6.07, 6.45) is 1.55. The zero-order valence-corrected chi connectivity index (χ0v) is 21.9. The number of hydrogen-bond donors (Lipinski definition) is 1. The number of aliphatic hydroxyl groups excluding tert-OH is 1. The molecule has 2 aromatic carbocycles. The topological polar surface area (TPSA) is 88.5 Å². The molecule has 2 fully saturated rings. The number of amides is 1. The zero-order chi connectivity index (χ0) is 26.4. The summed E-state index contributed by atoms with van der Waals surface area (Å²) in [5, 5.41) is 11.3. The number of likely N-dealkylation sites (tertiary alicyclic amines) is 1. The van der Waals surface area contributed by atoms with Gasteiger partial charge >= 0.3 is 0 Å². The van der Waals surface area contributed by atoms with Gasteiger partial charge in [-0.05, 0) is 37.5 Å². The molecular weight excluding hydrogens is 472 g/mol. The first-order chi connectivity index (χ1) is 17.9. The number of aryl methyl sites for hydroxylation is 1. The Kier molecular flexibility index (Phi) is 8.84. The number of rotatable bonds is 10. The van der Waals surface area contributed by atoms with Gasteiger partial charge in [-0.15, -0.1) is 0 Å². The van der Waals surface area contributed by atoms with Gasteiger partial charge in [0, 0.05) is 31.7 Å². The molecule has 37 heavy (non-hydrogen) atoms. The van der Waals surface area contributed by atoms with E-state index in [0.29, 0.717) is 55.4 Å². The van der Waals surface area contributed by atoms with Gasteiger partial charge in [0.1, 0.15) is 5.76 Å². The minimum atomic E-state index is -0.736. The zero-order valence-electron chi connectivity index (χ0n) is 21.9. The highest BCUT2D eigenvalue weighted by molar-refractivity contribution is 6.46. The van der Waals surface area contributed by atoms with Gasteiger partial charge < -0.3 is 24.2 Å². The van der Waals surface area contributed by atoms with E-state index in [9.17, 15) is 14.7 Å². The first kappa shape index (κ1) is 26.7. The van der Waals surface area contributed by atoms with Crippen molar-refractivity contribution in [3.63, 3.8) is 0 Å². The van der Waals surface area contributed by atoms with Crippen LogP contribution in [0.15, 0.2) is 48.0 Å². The van der Waals surface area contributed by atoms with Crippen LogP contribution in [0.2, 0.25) is 0 Å². The van der Waals surface area contributed by atoms with Crippen LogP contribution in [0.4, 0.5) is 0 Å². The van der Waals surface area contributed by atoms with Crippen molar-refractivity contribution < 1.29 is 28.9 Å². The number of morpholine rings is 1. The summed E-state index contributed by atoms with van der Waals surface area (Å²) >= 11 is 0. The third kappa shape index (κ3) is 5.97. The second-order valence-electron chi connectivity index (χ2n) is 9.42. The lowest BCUT2D eigenvalue weighted by Gasteiger charge is -2.29. The molecule has 0 spiro atoms. The summed E-state index contributed by atoms with van der Waals surface area (Å²) in [7, 11) is 1.56. The molecule has 0 saturated carbocycles. The van der Waals surface area contributed by atoms with Gasteiger partial charge in [0.15, 0.2) is 11.5 Å². The predicted octanol–water partition coefficient (Wildman–Crippen LogP) is 3.94. The number of Topliss-reactive ketones (excluding diaryl/α,β-unsaturated/α-hetero) is 1. The van der Waals surface area contributed by atoms with Crippen molar-refractivity contribution in [2.75, 3.05) is 53.1 Å². The van der Waals surface area contributed by atoms with E-state index in [4.69, 9.17) is 14.2 Å². The maximum atomic E-state index is 13.3. The van der Waals surface area contributed by atoms with Crippen molar-refractivity contribution in [2.45, 2.75) is 32.7 Å². The van der Waals surface area contributed by atoms with Crippen molar-refractivity contribution in [1.82, 2.24) is 9.80 Å². The van der Waals surface area contributed by atoms with E-state index in [2.05, 4.69) is 4.90 Å². The number of benzene rings is 2. The standard InChI is InChI=1S/C29H36N2O6/c1-4-16-37-23-11-10-22(19-24(23)35-3)26-25(27(32)21-8-6-20(2)7-9-21)28(33)29(34)31(26)13-5-12-30-14-17-36-18-15-30/h6-11,19,26,32H,4-5,12-18H2,1-3H3/b27-25+. The van der Waals surface area contributed by atoms with Crippen LogP contribution in [0, 0.1) is 6.92 Å². The number of carbonyl (C=O) groups excluding carboxylic acids is 2. The van der Waals surface area contributed by atoms with Gasteiger partial charge in [-0.3, -0.25) is 14.5 Å². The van der Waals surface area contributed by atoms with E-state index in [0.717, 1.165) is 31.6 Å². The fraction of sp³-hybridized carbons (Fsp3) is 0.448. The molecule has 8 heteroatoms. The molecule has 8 nitrogen and oxygen atoms in total. The van der Waals surface area contributed by atoms with Crippen molar-refractivity contribution in [3.8, 4) is 11.5 Å². The smallest absolute Gasteiger partial charge is 0.295 e. The Balaban J connectivity index is 1.70. The monoisotopic (exact) mass is 508 g/mol. The fourth-order valence-electron chi connectivity index (χ4n) is 4.80. The predicted molar refractivity (Wildman–Crippen MR) is 141 cm³/mol. The third-order valence-corrected chi connectivity index (χ3v) is 6.81. The summed E-state index contributed by atoms with van der Waals surface area (Å²) in [5.41, 5.74) is 2.30. The lowest BCUT2D eigenvalue weighted by molar-refractivity contribution is -0.140. The van der Waals surface area contributed by atoms with Gasteiger partial charge in [0.05, 0.1) is 38.5 Å². The Morgan fingerprint density at radius 2 is 1.78 bits per heavy atom. The maximum Gasteiger partial charge on any atom is 0.295 e. The van der Waals surface area contributed by atoms with Gasteiger partial charge in [0.25, 0.3) is 11.7 Å². The van der Waals surface area contributed by atoms with Gasteiger partial charge in [0.2, 0.25) is 0 Å². The van der Waals surface area contributed by atoms with Crippen LogP contribution in [-0.4, -0.2) is 79.7 Å². The van der Waals surface area contributed by atoms with Crippen LogP contribution in [0.1, 0.15) is 42.5 Å². The normalized spacial score (nSPS) is 19.9. The molecule has 1 unspecified atom stereocenters. The molecule has 4 rings (SSSR count). The van der Waals surface area contributed by atoms with E-state index in [1.807, 2.05) is 32.0 Å². The number of aliphatic hydroxyl groups is 1. The van der Waals surface area contributed by atoms with E-state index in [1.165, 1.54) is 0 Å². The number of methoxy groups -OCH3 is 1. The average molecular weight is 509 g/mol. The summed E-state index contributed by atoms with van der Waals surface area (Å²) in [6.45, 7) is 8.81. The molecule has 2 aromatic rings. The van der Waals surface area contributed by atoms with E-state index in [1.54, 1.807) is 36.3 Å². The molecule has 0 radical (unpaired) electrons. The summed E-state index contributed by atoms with van der Waals surface area (Å²) in [5.74, 6) is -0.356. The highest BCUT2D eigenvalue weighted by atomic mass is 16.5. The van der Waals surface area contributed by atoms with E-state index < -0.39 is 17.7 Å². The van der Waals surface area contributed by atoms with Crippen LogP contribution < -0.4 is 9.47 Å². The first-order valence-electron chi connectivity index (χ1n) is 12.9. The second-order valence-corrected chi connectivity index (χ2v) is 9.42. The molecule has 0 aliphatic carbocycles. The third-order valence-electron chi connectivity index (χ3n) is 6.81. The van der Waals surface area contributed by atoms with Crippen molar-refractivity contribution in [3.05, 3.63) is 64.7 Å². The molecular formula is C29H36N2O6. The lowest BCUT2D eigenvalue weighted by atomic mass is 9.94. The molecule has 1 N–H and O–H groups in total. The maximum absolute atomic E-state index is 13.3. The van der Waals surface area contributed by atoms with Crippen LogP contribution in [0.25, 0.3) is 5.76 Å². The van der Waals surface area contributed by atoms with Crippen LogP contribution in [-0.2, 0) is 14.3 Å². The minimum Gasteiger partial charge on any atom is -0.507 e. The molecule has 1 amide bonds. The number of hydrogen-bond acceptors (Lipinski definition) is 7. The number of carbonyl (C=O) groups is 2. The lowest BCUT2D eigenvalue weighted by Crippen LogP contribution is -2.39. The number of ketones is 1. The first-order valence-corrected chi connectivity index (χ1v) is 12.9. The molecule has 1 atom stereocenters. The van der Waals surface area contributed by atoms with Gasteiger partial charge in [-0.1, -0.05) is 42.8 Å². The Bertz CT molecular complexity index is 1140. The summed E-state index contributed by atoms with van der Waals surface area (Å²) < 4.78 is 16.8. The largest absolute Gasteiger partial charge is 0.507 e. The SMILES string of the molecule is CCCOc1ccc(C2/C(=C(\O)c3ccc(C)cc3)C(=O)C(=O)N2CCCN2CCOCC2)cc1OC. The molecule has 2 saturated heterocycles. The fourth-order valence-corrected chi connectivity index (χ4v) is 4.80. The van der Waals surface area contributed by atoms with Crippen molar-refractivity contribution in [2.24, 2.45) is 0 Å². The quantitative estimate of drug-likeness (QED) is 0.295. The van der Waals surface area contributed by atoms with Crippen LogP contribution in [0.5, 0.6) is 11.5 Å². The van der Waals surface area contributed by atoms with E-state index >= 15 is 0 Å². The Morgan fingerprint density at radius 1 is 1.05 bits per heavy atom. The van der Waals surface area contributed by atoms with Gasteiger partial charge in [-0.25, -0.2) is 0 Å². The molecule has 2 heterocycles. The molecule has 0 bridgehead atoms. The highest BCUT2D eigenvalue weighted by Gasteiger charge is 2.46. The number of nitrogens with zero attached hydrogens (tertiary/aromatic N) is 2. The second kappa shape index (κ2) is 12.3. The Labute approximate surface area is 218 Å². The molecule has 198 valence electrons. The Morgan fingerprint density at radius 3 is 2.46 bits per heavy atom. The molecule has 2 aliphatic rings. The van der Waals surface area contributed by atoms with E-state index in [-0.39, 0.29) is 11.3 Å².